The molecule has 76 valence electrons. The van der Waals surface area contributed by atoms with E-state index >= 15 is 0 Å². The number of hydrogen-bond donors (Lipinski definition) is 0. The summed E-state index contributed by atoms with van der Waals surface area (Å²) in [5, 5.41) is 0.865. The van der Waals surface area contributed by atoms with Crippen LogP contribution in [0.1, 0.15) is 45.4 Å². The van der Waals surface area contributed by atoms with E-state index in [0.29, 0.717) is 16.7 Å². The van der Waals surface area contributed by atoms with Crippen molar-refractivity contribution in [2.24, 2.45) is 0 Å². The summed E-state index contributed by atoms with van der Waals surface area (Å²) in [6, 6.07) is 0. The fraction of sp³-hybridized carbons (Fsp3) is 0.909. The van der Waals surface area contributed by atoms with Crippen LogP contribution in [0.4, 0.5) is 0 Å². The third-order valence-corrected chi connectivity index (χ3v) is 5.29. The molecule has 1 nitrogen and oxygen atoms in total. The summed E-state index contributed by atoms with van der Waals surface area (Å²) in [5.41, 5.74) is 0. The predicted molar refractivity (Wildman–Crippen MR) is 60.3 cm³/mol. The Labute approximate surface area is 84.6 Å². The zero-order valence-corrected chi connectivity index (χ0v) is 9.66. The first kappa shape index (κ1) is 11.1. The van der Waals surface area contributed by atoms with Gasteiger partial charge in [-0.25, -0.2) is 0 Å². The predicted octanol–water partition coefficient (Wildman–Crippen LogP) is 2.55. The van der Waals surface area contributed by atoms with Gasteiger partial charge in [-0.1, -0.05) is 13.3 Å². The molecule has 1 rings (SSSR count). The van der Waals surface area contributed by atoms with Gasteiger partial charge in [-0.15, -0.1) is 0 Å². The summed E-state index contributed by atoms with van der Waals surface area (Å²) in [4.78, 5) is 11.3. The van der Waals surface area contributed by atoms with E-state index in [2.05, 4.69) is 6.26 Å². The van der Waals surface area contributed by atoms with Crippen molar-refractivity contribution in [3.05, 3.63) is 0 Å². The van der Waals surface area contributed by atoms with Crippen LogP contribution in [0.5, 0.6) is 0 Å². The maximum absolute atomic E-state index is 11.3. The molecular weight excluding hydrogens is 180 g/mol. The second kappa shape index (κ2) is 5.69. The Morgan fingerprint density at radius 2 is 1.92 bits per heavy atom. The molecule has 0 saturated heterocycles. The fourth-order valence-electron chi connectivity index (χ4n) is 1.94. The van der Waals surface area contributed by atoms with Gasteiger partial charge in [0.1, 0.15) is 5.25 Å². The molecule has 0 aromatic carbocycles. The van der Waals surface area contributed by atoms with Crippen LogP contribution in [0.2, 0.25) is 0 Å². The smallest absolute Gasteiger partial charge is 0.181 e. The highest BCUT2D eigenvalue weighted by atomic mass is 32.2. The second-order valence-corrected chi connectivity index (χ2v) is 6.33. The molecular formula is C11H21OS+. The van der Waals surface area contributed by atoms with Gasteiger partial charge in [-0.3, -0.25) is 4.79 Å². The van der Waals surface area contributed by atoms with Crippen LogP contribution in [-0.4, -0.2) is 23.0 Å². The van der Waals surface area contributed by atoms with E-state index in [1.807, 2.05) is 6.92 Å². The molecule has 0 radical (unpaired) electrons. The SMILES string of the molecule is CCC(=O)C[S+](C)C1CCCCC1. The van der Waals surface area contributed by atoms with Gasteiger partial charge in [0.05, 0.1) is 6.26 Å². The molecule has 0 spiro atoms. The van der Waals surface area contributed by atoms with E-state index in [4.69, 9.17) is 0 Å². The summed E-state index contributed by atoms with van der Waals surface area (Å²) in [7, 11) is 0.364. The molecule has 1 unspecified atom stereocenters. The Morgan fingerprint density at radius 3 is 2.46 bits per heavy atom. The lowest BCUT2D eigenvalue weighted by Crippen LogP contribution is -2.28. The monoisotopic (exact) mass is 201 g/mol. The lowest BCUT2D eigenvalue weighted by molar-refractivity contribution is -0.116. The first-order chi connectivity index (χ1) is 6.24. The van der Waals surface area contributed by atoms with Crippen LogP contribution < -0.4 is 0 Å². The molecule has 0 aromatic heterocycles. The van der Waals surface area contributed by atoms with Crippen molar-refractivity contribution in [1.29, 1.82) is 0 Å². The van der Waals surface area contributed by atoms with Gasteiger partial charge in [0.2, 0.25) is 0 Å². The number of Topliss-reactive ketones (excluding diaryl/α,β-unsaturated/α-hetero) is 1. The molecule has 13 heavy (non-hydrogen) atoms. The standard InChI is InChI=1S/C11H21OS/c1-3-10(12)9-13(2)11-7-5-4-6-8-11/h11H,3-9H2,1-2H3/q+1. The highest BCUT2D eigenvalue weighted by Gasteiger charge is 2.28. The van der Waals surface area contributed by atoms with Crippen molar-refractivity contribution < 1.29 is 4.79 Å². The Balaban J connectivity index is 2.28. The van der Waals surface area contributed by atoms with Gasteiger partial charge in [0, 0.05) is 6.42 Å². The zero-order valence-electron chi connectivity index (χ0n) is 8.84. The molecule has 1 aliphatic carbocycles. The van der Waals surface area contributed by atoms with E-state index in [1.54, 1.807) is 0 Å². The molecule has 0 N–H and O–H groups in total. The van der Waals surface area contributed by atoms with Crippen LogP contribution in [-0.2, 0) is 15.7 Å². The van der Waals surface area contributed by atoms with Gasteiger partial charge in [-0.05, 0) is 36.6 Å². The molecule has 0 amide bonds. The van der Waals surface area contributed by atoms with Gasteiger partial charge < -0.3 is 0 Å². The summed E-state index contributed by atoms with van der Waals surface area (Å²) < 4.78 is 0. The molecule has 2 heteroatoms. The Kier molecular flexibility index (Phi) is 4.86. The molecule has 1 aliphatic rings. The Hall–Kier alpha value is 0.0200. The number of rotatable bonds is 4. The third-order valence-electron chi connectivity index (χ3n) is 2.90. The van der Waals surface area contributed by atoms with E-state index in [0.717, 1.165) is 17.4 Å². The van der Waals surface area contributed by atoms with Crippen molar-refractivity contribution in [3.63, 3.8) is 0 Å². The minimum absolute atomic E-state index is 0.364. The van der Waals surface area contributed by atoms with E-state index in [9.17, 15) is 4.79 Å². The van der Waals surface area contributed by atoms with E-state index in [1.165, 1.54) is 32.1 Å². The number of ketones is 1. The number of carbonyl (C=O) groups excluding carboxylic acids is 1. The maximum Gasteiger partial charge on any atom is 0.181 e. The fourth-order valence-corrected chi connectivity index (χ4v) is 4.03. The third kappa shape index (κ3) is 3.72. The van der Waals surface area contributed by atoms with Gasteiger partial charge >= 0.3 is 0 Å². The maximum atomic E-state index is 11.3. The average molecular weight is 201 g/mol. The normalized spacial score (nSPS) is 21.4. The van der Waals surface area contributed by atoms with E-state index < -0.39 is 0 Å². The molecule has 0 bridgehead atoms. The molecule has 1 fully saturated rings. The largest absolute Gasteiger partial charge is 0.294 e. The highest BCUT2D eigenvalue weighted by molar-refractivity contribution is 7.97. The van der Waals surface area contributed by atoms with Crippen LogP contribution in [0.25, 0.3) is 0 Å². The van der Waals surface area contributed by atoms with Crippen LogP contribution in [0, 0.1) is 0 Å². The van der Waals surface area contributed by atoms with E-state index in [-0.39, 0.29) is 0 Å². The molecule has 1 saturated carbocycles. The molecule has 0 heterocycles. The Morgan fingerprint density at radius 1 is 1.31 bits per heavy atom. The van der Waals surface area contributed by atoms with Crippen molar-refractivity contribution >= 4 is 16.7 Å². The Bertz CT molecular complexity index is 161. The summed E-state index contributed by atoms with van der Waals surface area (Å²) in [6.07, 6.45) is 9.95. The number of hydrogen-bond acceptors (Lipinski definition) is 1. The lowest BCUT2D eigenvalue weighted by Gasteiger charge is -2.20. The molecule has 1 atom stereocenters. The highest BCUT2D eigenvalue weighted by Crippen LogP contribution is 2.24. The topological polar surface area (TPSA) is 17.1 Å². The van der Waals surface area contributed by atoms with Crippen LogP contribution in [0.3, 0.4) is 0 Å². The van der Waals surface area contributed by atoms with Crippen LogP contribution >= 0.6 is 0 Å². The lowest BCUT2D eigenvalue weighted by atomic mass is 10.0. The van der Waals surface area contributed by atoms with Gasteiger partial charge in [-0.2, -0.15) is 0 Å². The quantitative estimate of drug-likeness (QED) is 0.639. The van der Waals surface area contributed by atoms with Crippen molar-refractivity contribution in [2.75, 3.05) is 12.0 Å². The zero-order chi connectivity index (χ0) is 9.68. The molecule has 0 aromatic rings. The average Bonchev–Trinajstić information content (AvgIpc) is 2.19. The summed E-state index contributed by atoms with van der Waals surface area (Å²) >= 11 is 0. The van der Waals surface area contributed by atoms with Gasteiger partial charge in [0.25, 0.3) is 0 Å². The first-order valence-electron chi connectivity index (χ1n) is 5.37. The first-order valence-corrected chi connectivity index (χ1v) is 7.23. The minimum atomic E-state index is 0.364. The van der Waals surface area contributed by atoms with Crippen molar-refractivity contribution in [1.82, 2.24) is 0 Å². The van der Waals surface area contributed by atoms with Crippen molar-refractivity contribution in [3.8, 4) is 0 Å². The summed E-state index contributed by atoms with van der Waals surface area (Å²) in [6.45, 7) is 1.97. The minimum Gasteiger partial charge on any atom is -0.294 e. The molecule has 0 aliphatic heterocycles. The van der Waals surface area contributed by atoms with Crippen LogP contribution in [0.15, 0.2) is 0 Å². The summed E-state index contributed by atoms with van der Waals surface area (Å²) in [5.74, 6) is 1.30. The van der Waals surface area contributed by atoms with Crippen molar-refractivity contribution in [2.45, 2.75) is 50.7 Å². The number of carbonyl (C=O) groups is 1. The second-order valence-electron chi connectivity index (χ2n) is 3.99. The van der Waals surface area contributed by atoms with Gasteiger partial charge in [0.15, 0.2) is 11.5 Å².